The number of nitrogens with zero attached hydrogens (tertiary/aromatic N) is 1. The largest absolute Gasteiger partial charge is 0.480 e. The normalized spacial score (nSPS) is 27.7. The van der Waals surface area contributed by atoms with Crippen LogP contribution in [0.1, 0.15) is 29.6 Å². The molecular formula is C15H15BrClNO3. The molecule has 1 saturated carbocycles. The van der Waals surface area contributed by atoms with Gasteiger partial charge < -0.3 is 10.0 Å². The molecule has 3 unspecified atom stereocenters. The van der Waals surface area contributed by atoms with Crippen LogP contribution in [0.3, 0.4) is 0 Å². The monoisotopic (exact) mass is 371 g/mol. The van der Waals surface area contributed by atoms with Gasteiger partial charge in [0.05, 0.1) is 5.56 Å². The number of likely N-dealkylation sites (tertiary alicyclic amines) is 1. The van der Waals surface area contributed by atoms with Crippen LogP contribution in [0.25, 0.3) is 0 Å². The molecular weight excluding hydrogens is 358 g/mol. The summed E-state index contributed by atoms with van der Waals surface area (Å²) in [5.41, 5.74) is 0.425. The van der Waals surface area contributed by atoms with Crippen molar-refractivity contribution in [3.8, 4) is 0 Å². The molecule has 1 aromatic carbocycles. The van der Waals surface area contributed by atoms with Crippen molar-refractivity contribution >= 4 is 39.4 Å². The number of hydrogen-bond acceptors (Lipinski definition) is 2. The molecule has 1 saturated heterocycles. The van der Waals surface area contributed by atoms with Gasteiger partial charge >= 0.3 is 5.97 Å². The highest BCUT2D eigenvalue weighted by Gasteiger charge is 2.49. The molecule has 2 aliphatic rings. The molecule has 1 heterocycles. The lowest BCUT2D eigenvalue weighted by molar-refractivity contribution is -0.142. The van der Waals surface area contributed by atoms with Crippen molar-refractivity contribution in [3.05, 3.63) is 33.3 Å². The average Bonchev–Trinajstić information content (AvgIpc) is 3.00. The van der Waals surface area contributed by atoms with Gasteiger partial charge in [0.1, 0.15) is 6.04 Å². The van der Waals surface area contributed by atoms with E-state index < -0.39 is 12.0 Å². The number of amides is 1. The number of carboxylic acid groups (broad SMARTS) is 1. The zero-order valence-electron chi connectivity index (χ0n) is 11.3. The number of fused-ring (bicyclic) bond motifs is 1. The maximum Gasteiger partial charge on any atom is 0.326 e. The zero-order chi connectivity index (χ0) is 15.1. The Labute approximate surface area is 136 Å². The molecule has 1 amide bonds. The lowest BCUT2D eigenvalue weighted by Gasteiger charge is -2.25. The van der Waals surface area contributed by atoms with Crippen molar-refractivity contribution in [2.45, 2.75) is 25.3 Å². The van der Waals surface area contributed by atoms with Crippen LogP contribution in [0.5, 0.6) is 0 Å². The van der Waals surface area contributed by atoms with Crippen LogP contribution < -0.4 is 0 Å². The standard InChI is InChI=1S/C15H15BrClNO3/c16-12-5-4-9(17)6-11(12)14(19)18-7-8-2-1-3-10(8)13(18)15(20)21/h4-6,8,10,13H,1-3,7H2,(H,20,21). The smallest absolute Gasteiger partial charge is 0.326 e. The lowest BCUT2D eigenvalue weighted by atomic mass is 9.94. The van der Waals surface area contributed by atoms with Crippen molar-refractivity contribution in [3.63, 3.8) is 0 Å². The Morgan fingerprint density at radius 1 is 1.33 bits per heavy atom. The van der Waals surface area contributed by atoms with E-state index in [4.69, 9.17) is 11.6 Å². The number of hydrogen-bond donors (Lipinski definition) is 1. The highest BCUT2D eigenvalue weighted by molar-refractivity contribution is 9.10. The number of rotatable bonds is 2. The van der Waals surface area contributed by atoms with E-state index in [2.05, 4.69) is 15.9 Å². The molecule has 1 N–H and O–H groups in total. The molecule has 4 nitrogen and oxygen atoms in total. The topological polar surface area (TPSA) is 57.6 Å². The summed E-state index contributed by atoms with van der Waals surface area (Å²) < 4.78 is 0.637. The zero-order valence-corrected chi connectivity index (χ0v) is 13.6. The van der Waals surface area contributed by atoms with Crippen LogP contribution in [0.4, 0.5) is 0 Å². The van der Waals surface area contributed by atoms with Crippen LogP contribution in [0.15, 0.2) is 22.7 Å². The summed E-state index contributed by atoms with van der Waals surface area (Å²) in [5.74, 6) is -0.764. The first-order chi connectivity index (χ1) is 9.99. The van der Waals surface area contributed by atoms with Crippen LogP contribution in [-0.4, -0.2) is 34.5 Å². The second-order valence-corrected chi connectivity index (χ2v) is 7.01. The number of carbonyl (C=O) groups excluding carboxylic acids is 1. The molecule has 6 heteroatoms. The van der Waals surface area contributed by atoms with E-state index in [1.807, 2.05) is 0 Å². The Hall–Kier alpha value is -1.07. The molecule has 2 fully saturated rings. The summed E-state index contributed by atoms with van der Waals surface area (Å²) >= 11 is 9.30. The van der Waals surface area contributed by atoms with Crippen molar-refractivity contribution in [1.29, 1.82) is 0 Å². The Balaban J connectivity index is 1.93. The molecule has 3 atom stereocenters. The number of carboxylic acids is 1. The molecule has 112 valence electrons. The van der Waals surface area contributed by atoms with Crippen molar-refractivity contribution in [2.24, 2.45) is 11.8 Å². The predicted octanol–water partition coefficient (Wildman–Crippen LogP) is 3.43. The van der Waals surface area contributed by atoms with E-state index in [1.54, 1.807) is 18.2 Å². The summed E-state index contributed by atoms with van der Waals surface area (Å²) in [7, 11) is 0. The highest BCUT2D eigenvalue weighted by Crippen LogP contribution is 2.43. The van der Waals surface area contributed by atoms with Gasteiger partial charge in [0, 0.05) is 16.0 Å². The third-order valence-electron chi connectivity index (χ3n) is 4.56. The molecule has 1 aliphatic heterocycles. The van der Waals surface area contributed by atoms with E-state index in [0.717, 1.165) is 19.3 Å². The first kappa shape index (κ1) is 14.9. The first-order valence-electron chi connectivity index (χ1n) is 6.98. The van der Waals surface area contributed by atoms with E-state index in [0.29, 0.717) is 27.5 Å². The van der Waals surface area contributed by atoms with Gasteiger partial charge in [-0.05, 0) is 58.8 Å². The fourth-order valence-corrected chi connectivity index (χ4v) is 4.24. The summed E-state index contributed by atoms with van der Waals surface area (Å²) in [5, 5.41) is 9.98. The van der Waals surface area contributed by atoms with E-state index in [1.165, 1.54) is 4.90 Å². The van der Waals surface area contributed by atoms with Gasteiger partial charge in [-0.25, -0.2) is 4.79 Å². The van der Waals surface area contributed by atoms with Gasteiger partial charge in [0.25, 0.3) is 5.91 Å². The van der Waals surface area contributed by atoms with Crippen molar-refractivity contribution < 1.29 is 14.7 Å². The maximum atomic E-state index is 12.7. The molecule has 1 aromatic rings. The fraction of sp³-hybridized carbons (Fsp3) is 0.467. The molecule has 0 spiro atoms. The Bertz CT molecular complexity index is 607. The molecule has 0 aromatic heterocycles. The second-order valence-electron chi connectivity index (χ2n) is 5.72. The minimum atomic E-state index is -0.907. The number of aliphatic carboxylic acids is 1. The molecule has 0 radical (unpaired) electrons. The van der Waals surface area contributed by atoms with Gasteiger partial charge in [-0.3, -0.25) is 4.79 Å². The van der Waals surface area contributed by atoms with Crippen LogP contribution in [-0.2, 0) is 4.79 Å². The fourth-order valence-electron chi connectivity index (χ4n) is 3.65. The quantitative estimate of drug-likeness (QED) is 0.865. The molecule has 3 rings (SSSR count). The second kappa shape index (κ2) is 5.61. The summed E-state index contributed by atoms with van der Waals surface area (Å²) in [4.78, 5) is 25.9. The SMILES string of the molecule is O=C(O)C1C2CCCC2CN1C(=O)c1cc(Cl)ccc1Br. The number of halogens is 2. The van der Waals surface area contributed by atoms with E-state index in [9.17, 15) is 14.7 Å². The Morgan fingerprint density at radius 3 is 2.81 bits per heavy atom. The van der Waals surface area contributed by atoms with Gasteiger partial charge in [0.15, 0.2) is 0 Å². The Morgan fingerprint density at radius 2 is 2.10 bits per heavy atom. The van der Waals surface area contributed by atoms with Gasteiger partial charge in [-0.15, -0.1) is 0 Å². The minimum Gasteiger partial charge on any atom is -0.480 e. The average molecular weight is 373 g/mol. The number of benzene rings is 1. The maximum absolute atomic E-state index is 12.7. The van der Waals surface area contributed by atoms with Crippen LogP contribution in [0, 0.1) is 11.8 Å². The van der Waals surface area contributed by atoms with Crippen molar-refractivity contribution in [1.82, 2.24) is 4.90 Å². The van der Waals surface area contributed by atoms with E-state index >= 15 is 0 Å². The molecule has 21 heavy (non-hydrogen) atoms. The predicted molar refractivity (Wildman–Crippen MR) is 82.4 cm³/mol. The van der Waals surface area contributed by atoms with E-state index in [-0.39, 0.29) is 11.8 Å². The third kappa shape index (κ3) is 2.57. The van der Waals surface area contributed by atoms with Crippen LogP contribution in [0.2, 0.25) is 5.02 Å². The first-order valence-corrected chi connectivity index (χ1v) is 8.15. The highest BCUT2D eigenvalue weighted by atomic mass is 79.9. The van der Waals surface area contributed by atoms with Crippen LogP contribution >= 0.6 is 27.5 Å². The molecule has 0 bridgehead atoms. The minimum absolute atomic E-state index is 0.0874. The summed E-state index contributed by atoms with van der Waals surface area (Å²) in [6, 6.07) is 4.27. The summed E-state index contributed by atoms with van der Waals surface area (Å²) in [6.07, 6.45) is 2.96. The van der Waals surface area contributed by atoms with Gasteiger partial charge in [-0.2, -0.15) is 0 Å². The molecule has 1 aliphatic carbocycles. The van der Waals surface area contributed by atoms with Gasteiger partial charge in [-0.1, -0.05) is 18.0 Å². The third-order valence-corrected chi connectivity index (χ3v) is 5.49. The lowest BCUT2D eigenvalue weighted by Crippen LogP contribution is -2.43. The Kier molecular flexibility index (Phi) is 3.97. The number of carbonyl (C=O) groups is 2. The summed E-state index contributed by atoms with van der Waals surface area (Å²) in [6.45, 7) is 0.527. The van der Waals surface area contributed by atoms with Crippen molar-refractivity contribution in [2.75, 3.05) is 6.54 Å². The van der Waals surface area contributed by atoms with Gasteiger partial charge in [0.2, 0.25) is 0 Å².